The van der Waals surface area contributed by atoms with Gasteiger partial charge in [0.15, 0.2) is 0 Å². The minimum Gasteiger partial charge on any atom is -0.496 e. The van der Waals surface area contributed by atoms with Crippen LogP contribution in [-0.2, 0) is 5.54 Å². The van der Waals surface area contributed by atoms with Crippen molar-refractivity contribution >= 4 is 11.6 Å². The molecule has 1 atom stereocenters. The molecule has 1 aliphatic rings. The Morgan fingerprint density at radius 1 is 1.32 bits per heavy atom. The number of rotatable bonds is 4. The highest BCUT2D eigenvalue weighted by Gasteiger charge is 2.34. The van der Waals surface area contributed by atoms with Crippen LogP contribution in [0, 0.1) is 0 Å². The first-order valence-corrected chi connectivity index (χ1v) is 7.69. The molecule has 2 nitrogen and oxygen atoms in total. The maximum absolute atomic E-state index is 6.21. The first kappa shape index (κ1) is 14.7. The Hall–Kier alpha value is -0.730. The molecule has 1 aliphatic heterocycles. The van der Waals surface area contributed by atoms with Gasteiger partial charge in [-0.1, -0.05) is 37.8 Å². The molecule has 0 saturated carbocycles. The zero-order valence-corrected chi connectivity index (χ0v) is 12.7. The summed E-state index contributed by atoms with van der Waals surface area (Å²) < 4.78 is 5.57. The summed E-state index contributed by atoms with van der Waals surface area (Å²) in [5, 5.41) is 4.56. The molecule has 0 aromatic heterocycles. The predicted octanol–water partition coefficient (Wildman–Crippen LogP) is 4.51. The van der Waals surface area contributed by atoms with Gasteiger partial charge in [0.25, 0.3) is 0 Å². The van der Waals surface area contributed by atoms with Crippen molar-refractivity contribution < 1.29 is 4.74 Å². The van der Waals surface area contributed by atoms with E-state index in [0.29, 0.717) is 0 Å². The van der Waals surface area contributed by atoms with Crippen molar-refractivity contribution in [1.82, 2.24) is 5.32 Å². The molecule has 1 N–H and O–H groups in total. The molecule has 1 heterocycles. The third kappa shape index (κ3) is 3.24. The van der Waals surface area contributed by atoms with Crippen LogP contribution >= 0.6 is 11.6 Å². The lowest BCUT2D eigenvalue weighted by Gasteiger charge is -2.35. The van der Waals surface area contributed by atoms with Crippen LogP contribution in [0.25, 0.3) is 0 Å². The van der Waals surface area contributed by atoms with Crippen LogP contribution in [0.15, 0.2) is 18.2 Å². The van der Waals surface area contributed by atoms with E-state index < -0.39 is 0 Å². The minimum atomic E-state index is 0.0293. The molecule has 0 bridgehead atoms. The summed E-state index contributed by atoms with van der Waals surface area (Å²) in [6.07, 6.45) is 7.28. The number of nitrogens with one attached hydrogen (secondary N) is 1. The van der Waals surface area contributed by atoms with Gasteiger partial charge in [-0.3, -0.25) is 0 Å². The van der Waals surface area contributed by atoms with Gasteiger partial charge in [-0.25, -0.2) is 0 Å². The molecule has 1 fully saturated rings. The third-order valence-corrected chi connectivity index (χ3v) is 4.33. The molecule has 1 aromatic carbocycles. The molecule has 1 aromatic rings. The van der Waals surface area contributed by atoms with E-state index >= 15 is 0 Å². The summed E-state index contributed by atoms with van der Waals surface area (Å²) in [4.78, 5) is 0. The highest BCUT2D eigenvalue weighted by atomic mass is 35.5. The molecule has 0 spiro atoms. The number of ether oxygens (including phenoxy) is 1. The van der Waals surface area contributed by atoms with Gasteiger partial charge in [0.05, 0.1) is 7.11 Å². The van der Waals surface area contributed by atoms with Crippen molar-refractivity contribution in [1.29, 1.82) is 0 Å². The topological polar surface area (TPSA) is 21.3 Å². The van der Waals surface area contributed by atoms with Crippen LogP contribution in [0.4, 0.5) is 0 Å². The van der Waals surface area contributed by atoms with Crippen LogP contribution in [0.3, 0.4) is 0 Å². The molecule has 106 valence electrons. The average Bonchev–Trinajstić information content (AvgIpc) is 2.66. The molecule has 0 amide bonds. The summed E-state index contributed by atoms with van der Waals surface area (Å²) in [5.41, 5.74) is 1.26. The summed E-state index contributed by atoms with van der Waals surface area (Å²) in [6, 6.07) is 5.97. The van der Waals surface area contributed by atoms with E-state index in [9.17, 15) is 0 Å². The standard InChI is InChI=1S/C16H24ClNO/c1-3-9-16(10-5-4-6-11-18-16)14-12-13(17)7-8-15(14)19-2/h7-8,12,18H,3-6,9-11H2,1-2H3. The van der Waals surface area contributed by atoms with Gasteiger partial charge in [0, 0.05) is 16.1 Å². The van der Waals surface area contributed by atoms with Crippen molar-refractivity contribution in [3.63, 3.8) is 0 Å². The summed E-state index contributed by atoms with van der Waals surface area (Å²) in [6.45, 7) is 3.32. The zero-order valence-electron chi connectivity index (χ0n) is 12.0. The number of methoxy groups -OCH3 is 1. The Kier molecular flexibility index (Phi) is 5.12. The first-order chi connectivity index (χ1) is 9.22. The lowest BCUT2D eigenvalue weighted by atomic mass is 9.81. The maximum atomic E-state index is 6.21. The molecular formula is C16H24ClNO. The van der Waals surface area contributed by atoms with Gasteiger partial charge >= 0.3 is 0 Å². The van der Waals surface area contributed by atoms with E-state index in [4.69, 9.17) is 16.3 Å². The van der Waals surface area contributed by atoms with Gasteiger partial charge in [-0.2, -0.15) is 0 Å². The second kappa shape index (κ2) is 6.62. The zero-order chi connectivity index (χ0) is 13.7. The van der Waals surface area contributed by atoms with E-state index in [-0.39, 0.29) is 5.54 Å². The van der Waals surface area contributed by atoms with Crippen molar-refractivity contribution in [2.24, 2.45) is 0 Å². The Bertz CT molecular complexity index is 411. The van der Waals surface area contributed by atoms with Gasteiger partial charge in [0.1, 0.15) is 5.75 Å². The fourth-order valence-electron chi connectivity index (χ4n) is 3.20. The monoisotopic (exact) mass is 281 g/mol. The lowest BCUT2D eigenvalue weighted by Crippen LogP contribution is -2.42. The van der Waals surface area contributed by atoms with Crippen LogP contribution < -0.4 is 10.1 Å². The fourth-order valence-corrected chi connectivity index (χ4v) is 3.38. The third-order valence-electron chi connectivity index (χ3n) is 4.10. The first-order valence-electron chi connectivity index (χ1n) is 7.31. The maximum Gasteiger partial charge on any atom is 0.124 e. The molecule has 0 radical (unpaired) electrons. The van der Waals surface area contributed by atoms with Crippen LogP contribution in [0.1, 0.15) is 51.0 Å². The van der Waals surface area contributed by atoms with Gasteiger partial charge in [-0.05, 0) is 44.0 Å². The molecule has 2 rings (SSSR count). The Morgan fingerprint density at radius 2 is 2.16 bits per heavy atom. The second-order valence-corrected chi connectivity index (χ2v) is 5.85. The van der Waals surface area contributed by atoms with E-state index in [1.165, 1.54) is 24.8 Å². The predicted molar refractivity (Wildman–Crippen MR) is 81.1 cm³/mol. The largest absolute Gasteiger partial charge is 0.496 e. The molecule has 1 saturated heterocycles. The summed E-state index contributed by atoms with van der Waals surface area (Å²) in [7, 11) is 1.74. The van der Waals surface area contributed by atoms with Gasteiger partial charge < -0.3 is 10.1 Å². The Labute approximate surface area is 121 Å². The second-order valence-electron chi connectivity index (χ2n) is 5.41. The van der Waals surface area contributed by atoms with Gasteiger partial charge in [-0.15, -0.1) is 0 Å². The molecule has 1 unspecified atom stereocenters. The smallest absolute Gasteiger partial charge is 0.124 e. The van der Waals surface area contributed by atoms with Crippen LogP contribution in [-0.4, -0.2) is 13.7 Å². The van der Waals surface area contributed by atoms with Crippen molar-refractivity contribution in [2.45, 2.75) is 51.0 Å². The van der Waals surface area contributed by atoms with Gasteiger partial charge in [0.2, 0.25) is 0 Å². The highest BCUT2D eigenvalue weighted by Crippen LogP contribution is 2.40. The Balaban J connectivity index is 2.44. The molecule has 19 heavy (non-hydrogen) atoms. The van der Waals surface area contributed by atoms with E-state index in [1.807, 2.05) is 12.1 Å². The average molecular weight is 282 g/mol. The van der Waals surface area contributed by atoms with Crippen molar-refractivity contribution in [3.05, 3.63) is 28.8 Å². The highest BCUT2D eigenvalue weighted by molar-refractivity contribution is 6.30. The van der Waals surface area contributed by atoms with E-state index in [1.54, 1.807) is 7.11 Å². The molecule has 3 heteroatoms. The summed E-state index contributed by atoms with van der Waals surface area (Å²) >= 11 is 6.21. The van der Waals surface area contributed by atoms with E-state index in [0.717, 1.165) is 36.6 Å². The SMILES string of the molecule is CCCC1(c2cc(Cl)ccc2OC)CCCCCN1. The molecule has 0 aliphatic carbocycles. The van der Waals surface area contributed by atoms with Crippen molar-refractivity contribution in [3.8, 4) is 5.75 Å². The van der Waals surface area contributed by atoms with E-state index in [2.05, 4.69) is 18.3 Å². The van der Waals surface area contributed by atoms with Crippen LogP contribution in [0.5, 0.6) is 5.75 Å². The Morgan fingerprint density at radius 3 is 2.89 bits per heavy atom. The number of hydrogen-bond acceptors (Lipinski definition) is 2. The fraction of sp³-hybridized carbons (Fsp3) is 0.625. The normalized spacial score (nSPS) is 23.9. The minimum absolute atomic E-state index is 0.0293. The number of hydrogen-bond donors (Lipinski definition) is 1. The number of benzene rings is 1. The summed E-state index contributed by atoms with van der Waals surface area (Å²) in [5.74, 6) is 0.951. The lowest BCUT2D eigenvalue weighted by molar-refractivity contribution is 0.283. The number of halogens is 1. The van der Waals surface area contributed by atoms with Crippen molar-refractivity contribution in [2.75, 3.05) is 13.7 Å². The molecular weight excluding hydrogens is 258 g/mol. The quantitative estimate of drug-likeness (QED) is 0.877. The van der Waals surface area contributed by atoms with Crippen LogP contribution in [0.2, 0.25) is 5.02 Å².